The molecule has 2 aromatic rings. The normalized spacial score (nSPS) is 14.5. The highest BCUT2D eigenvalue weighted by atomic mass is 32.2. The van der Waals surface area contributed by atoms with Crippen molar-refractivity contribution in [2.75, 3.05) is 13.7 Å². The lowest BCUT2D eigenvalue weighted by Gasteiger charge is -2.15. The van der Waals surface area contributed by atoms with E-state index >= 15 is 0 Å². The molecule has 1 aliphatic rings. The van der Waals surface area contributed by atoms with Crippen LogP contribution in [-0.4, -0.2) is 39.6 Å². The van der Waals surface area contributed by atoms with Crippen molar-refractivity contribution >= 4 is 17.7 Å². The Morgan fingerprint density at radius 3 is 2.88 bits per heavy atom. The number of carbonyl (C=O) groups excluding carboxylic acids is 1. The zero-order valence-electron chi connectivity index (χ0n) is 15.4. The van der Waals surface area contributed by atoms with Crippen LogP contribution in [0.2, 0.25) is 0 Å². The summed E-state index contributed by atoms with van der Waals surface area (Å²) in [5.41, 5.74) is 0. The van der Waals surface area contributed by atoms with Crippen molar-refractivity contribution in [3.05, 3.63) is 35.9 Å². The van der Waals surface area contributed by atoms with Gasteiger partial charge in [-0.2, -0.15) is 0 Å². The Morgan fingerprint density at radius 2 is 2.12 bits per heavy atom. The van der Waals surface area contributed by atoms with E-state index in [1.165, 1.54) is 12.8 Å². The molecular weight excluding hydrogens is 348 g/mol. The number of aryl methyl sites for hydroxylation is 2. The molecule has 3 rings (SSSR count). The largest absolute Gasteiger partial charge is 0.497 e. The fourth-order valence-corrected chi connectivity index (χ4v) is 3.96. The van der Waals surface area contributed by atoms with E-state index < -0.39 is 0 Å². The maximum absolute atomic E-state index is 12.3. The molecule has 0 radical (unpaired) electrons. The molecule has 1 aliphatic heterocycles. The van der Waals surface area contributed by atoms with Crippen LogP contribution in [-0.2, 0) is 24.2 Å². The summed E-state index contributed by atoms with van der Waals surface area (Å²) in [5, 5.41) is 11.5. The van der Waals surface area contributed by atoms with Gasteiger partial charge in [0.25, 0.3) is 0 Å². The fourth-order valence-electron chi connectivity index (χ4n) is 3.07. The molecule has 0 aliphatic carbocycles. The molecule has 1 N–H and O–H groups in total. The number of benzene rings is 1. The molecule has 2 heterocycles. The molecule has 140 valence electrons. The molecule has 1 atom stereocenters. The van der Waals surface area contributed by atoms with E-state index in [1.807, 2.05) is 31.2 Å². The maximum atomic E-state index is 12.3. The van der Waals surface area contributed by atoms with Gasteiger partial charge in [-0.25, -0.2) is 0 Å². The van der Waals surface area contributed by atoms with Crippen LogP contribution in [0.5, 0.6) is 5.75 Å². The Labute approximate surface area is 158 Å². The molecule has 0 spiro atoms. The molecule has 0 unspecified atom stereocenters. The number of ether oxygens (including phenoxy) is 1. The average Bonchev–Trinajstić information content (AvgIpc) is 3.09. The predicted molar refractivity (Wildman–Crippen MR) is 103 cm³/mol. The highest BCUT2D eigenvalue weighted by Gasteiger charge is 2.16. The summed E-state index contributed by atoms with van der Waals surface area (Å²) in [5.74, 6) is 3.05. The molecule has 7 heteroatoms. The van der Waals surface area contributed by atoms with Crippen molar-refractivity contribution in [2.45, 2.75) is 55.7 Å². The summed E-state index contributed by atoms with van der Waals surface area (Å²) in [6.45, 7) is 3.62. The molecule has 26 heavy (non-hydrogen) atoms. The third kappa shape index (κ3) is 4.78. The monoisotopic (exact) mass is 374 g/mol. The number of thioether (sulfide) groups is 1. The van der Waals surface area contributed by atoms with Gasteiger partial charge >= 0.3 is 0 Å². The summed E-state index contributed by atoms with van der Waals surface area (Å²) in [4.78, 5) is 13.3. The van der Waals surface area contributed by atoms with Gasteiger partial charge < -0.3 is 14.6 Å². The van der Waals surface area contributed by atoms with E-state index in [0.717, 1.165) is 48.1 Å². The second-order valence-corrected chi connectivity index (χ2v) is 7.89. The first-order valence-corrected chi connectivity index (χ1v) is 10.0. The summed E-state index contributed by atoms with van der Waals surface area (Å²) in [6, 6.07) is 7.77. The molecule has 1 aromatic carbocycles. The number of nitrogens with one attached hydrogen (secondary N) is 1. The number of methoxy groups -OCH3 is 1. The number of amides is 1. The van der Waals surface area contributed by atoms with Crippen molar-refractivity contribution < 1.29 is 9.53 Å². The maximum Gasteiger partial charge on any atom is 0.233 e. The summed E-state index contributed by atoms with van der Waals surface area (Å²) < 4.78 is 7.40. The Bertz CT molecular complexity index is 730. The van der Waals surface area contributed by atoms with Crippen molar-refractivity contribution in [1.82, 2.24) is 20.1 Å². The number of nitrogens with zero attached hydrogens (tertiary/aromatic N) is 3. The Kier molecular flexibility index (Phi) is 6.55. The third-order valence-electron chi connectivity index (χ3n) is 4.55. The lowest BCUT2D eigenvalue weighted by atomic mass is 10.1. The van der Waals surface area contributed by atoms with Crippen LogP contribution in [0.25, 0.3) is 0 Å². The van der Waals surface area contributed by atoms with Gasteiger partial charge in [-0.15, -0.1) is 22.0 Å². The van der Waals surface area contributed by atoms with Crippen LogP contribution < -0.4 is 10.1 Å². The van der Waals surface area contributed by atoms with Crippen molar-refractivity contribution in [3.63, 3.8) is 0 Å². The number of hydrogen-bond acceptors (Lipinski definition) is 5. The van der Waals surface area contributed by atoms with Crippen LogP contribution in [0.15, 0.2) is 29.2 Å². The van der Waals surface area contributed by atoms with E-state index in [1.54, 1.807) is 18.9 Å². The third-order valence-corrected chi connectivity index (χ3v) is 5.67. The molecule has 0 bridgehead atoms. The van der Waals surface area contributed by atoms with Crippen molar-refractivity contribution in [1.29, 1.82) is 0 Å². The van der Waals surface area contributed by atoms with E-state index in [9.17, 15) is 4.79 Å². The summed E-state index contributed by atoms with van der Waals surface area (Å²) >= 11 is 1.55. The molecular formula is C19H26N4O2S. The minimum Gasteiger partial charge on any atom is -0.497 e. The first kappa shape index (κ1) is 18.8. The van der Waals surface area contributed by atoms with Gasteiger partial charge in [-0.05, 0) is 50.5 Å². The minimum atomic E-state index is -0.135. The number of rotatable bonds is 8. The van der Waals surface area contributed by atoms with Crippen LogP contribution in [0.1, 0.15) is 37.8 Å². The summed E-state index contributed by atoms with van der Waals surface area (Å²) in [7, 11) is 1.65. The van der Waals surface area contributed by atoms with Crippen molar-refractivity contribution in [2.24, 2.45) is 0 Å². The highest BCUT2D eigenvalue weighted by Crippen LogP contribution is 2.25. The lowest BCUT2D eigenvalue weighted by Crippen LogP contribution is -2.32. The van der Waals surface area contributed by atoms with Gasteiger partial charge in [-0.1, -0.05) is 0 Å². The van der Waals surface area contributed by atoms with Gasteiger partial charge in [0.1, 0.15) is 17.4 Å². The Hall–Kier alpha value is -2.02. The fraction of sp³-hybridized carbons (Fsp3) is 0.526. The molecule has 0 saturated heterocycles. The highest BCUT2D eigenvalue weighted by molar-refractivity contribution is 8.00. The van der Waals surface area contributed by atoms with Crippen LogP contribution in [0.4, 0.5) is 0 Å². The minimum absolute atomic E-state index is 0.0640. The van der Waals surface area contributed by atoms with E-state index in [0.29, 0.717) is 6.54 Å². The lowest BCUT2D eigenvalue weighted by molar-refractivity contribution is -0.120. The van der Waals surface area contributed by atoms with Crippen molar-refractivity contribution in [3.8, 4) is 5.75 Å². The van der Waals surface area contributed by atoms with Gasteiger partial charge in [0.15, 0.2) is 0 Å². The topological polar surface area (TPSA) is 69.0 Å². The first-order chi connectivity index (χ1) is 12.7. The van der Waals surface area contributed by atoms with E-state index in [2.05, 4.69) is 20.1 Å². The van der Waals surface area contributed by atoms with Crippen LogP contribution >= 0.6 is 11.8 Å². The predicted octanol–water partition coefficient (Wildman–Crippen LogP) is 2.85. The zero-order chi connectivity index (χ0) is 18.4. The smallest absolute Gasteiger partial charge is 0.233 e. The van der Waals surface area contributed by atoms with E-state index in [4.69, 9.17) is 4.74 Å². The number of carbonyl (C=O) groups is 1. The molecule has 6 nitrogen and oxygen atoms in total. The quantitative estimate of drug-likeness (QED) is 0.568. The standard InChI is InChI=1S/C19H26N4O2S/c1-14(26-16-10-8-15(25-2)9-11-16)19(24)20-12-5-7-18-22-21-17-6-3-4-13-23(17)18/h8-11,14H,3-7,12-13H2,1-2H3,(H,20,24)/t14-/m0/s1. The second kappa shape index (κ2) is 9.07. The number of fused-ring (bicyclic) bond motifs is 1. The van der Waals surface area contributed by atoms with Gasteiger partial charge in [0.05, 0.1) is 12.4 Å². The molecule has 1 aromatic heterocycles. The molecule has 0 saturated carbocycles. The molecule has 1 amide bonds. The Morgan fingerprint density at radius 1 is 1.31 bits per heavy atom. The summed E-state index contributed by atoms with van der Waals surface area (Å²) in [6.07, 6.45) is 5.17. The first-order valence-electron chi connectivity index (χ1n) is 9.17. The average molecular weight is 375 g/mol. The van der Waals surface area contributed by atoms with Gasteiger partial charge in [-0.3, -0.25) is 4.79 Å². The van der Waals surface area contributed by atoms with Gasteiger partial charge in [0, 0.05) is 30.8 Å². The second-order valence-electron chi connectivity index (χ2n) is 6.47. The zero-order valence-corrected chi connectivity index (χ0v) is 16.2. The van der Waals surface area contributed by atoms with Crippen LogP contribution in [0.3, 0.4) is 0 Å². The number of hydrogen-bond donors (Lipinski definition) is 1. The van der Waals surface area contributed by atoms with Gasteiger partial charge in [0.2, 0.25) is 5.91 Å². The molecule has 0 fully saturated rings. The Balaban J connectivity index is 1.40. The number of aromatic nitrogens is 3. The van der Waals surface area contributed by atoms with E-state index in [-0.39, 0.29) is 11.2 Å². The SMILES string of the molecule is COc1ccc(S[C@@H](C)C(=O)NCCCc2nnc3n2CCCC3)cc1. The van der Waals surface area contributed by atoms with Crippen LogP contribution in [0, 0.1) is 0 Å².